The minimum Gasteiger partial charge on any atom is -0.383 e. The lowest BCUT2D eigenvalue weighted by atomic mass is 10.0. The Morgan fingerprint density at radius 3 is 2.50 bits per heavy atom. The van der Waals surface area contributed by atoms with E-state index in [0.717, 1.165) is 12.8 Å². The van der Waals surface area contributed by atoms with Crippen LogP contribution in [-0.2, 0) is 9.59 Å². The predicted molar refractivity (Wildman–Crippen MR) is 108 cm³/mol. The highest BCUT2D eigenvalue weighted by Crippen LogP contribution is 2.24. The predicted octanol–water partition coefficient (Wildman–Crippen LogP) is 2.42. The van der Waals surface area contributed by atoms with Crippen molar-refractivity contribution in [1.29, 1.82) is 0 Å². The van der Waals surface area contributed by atoms with Gasteiger partial charge >= 0.3 is 11.8 Å². The number of fused-ring (bicyclic) bond motifs is 1. The van der Waals surface area contributed by atoms with Gasteiger partial charge in [-0.15, -0.1) is 0 Å². The van der Waals surface area contributed by atoms with Gasteiger partial charge in [-0.25, -0.2) is 4.98 Å². The summed E-state index contributed by atoms with van der Waals surface area (Å²) in [5.74, 6) is -0.450. The lowest BCUT2D eigenvalue weighted by Crippen LogP contribution is -2.44. The number of anilines is 2. The summed E-state index contributed by atoms with van der Waals surface area (Å²) in [6.45, 7) is 3.32. The van der Waals surface area contributed by atoms with Crippen molar-refractivity contribution in [2.75, 3.05) is 24.1 Å². The number of piperidine rings is 1. The molecule has 1 aliphatic heterocycles. The van der Waals surface area contributed by atoms with E-state index in [1.807, 2.05) is 36.4 Å². The quantitative estimate of drug-likeness (QED) is 0.561. The van der Waals surface area contributed by atoms with Crippen LogP contribution in [0.1, 0.15) is 19.8 Å². The molecule has 1 aromatic carbocycles. The molecule has 4 N–H and O–H groups in total. The van der Waals surface area contributed by atoms with E-state index in [2.05, 4.69) is 27.4 Å². The van der Waals surface area contributed by atoms with Crippen molar-refractivity contribution in [2.45, 2.75) is 19.8 Å². The number of pyridine rings is 1. The third-order valence-corrected chi connectivity index (χ3v) is 4.57. The van der Waals surface area contributed by atoms with Gasteiger partial charge in [-0.05, 0) is 18.8 Å². The second kappa shape index (κ2) is 8.98. The summed E-state index contributed by atoms with van der Waals surface area (Å²) < 4.78 is 0. The van der Waals surface area contributed by atoms with Crippen molar-refractivity contribution in [3.05, 3.63) is 48.8 Å². The number of nitrogens with two attached hydrogens (primary N) is 1. The third-order valence-electron chi connectivity index (χ3n) is 4.57. The van der Waals surface area contributed by atoms with Gasteiger partial charge in [0.1, 0.15) is 5.82 Å². The number of aromatic amines is 1. The van der Waals surface area contributed by atoms with Crippen LogP contribution in [0.5, 0.6) is 0 Å². The van der Waals surface area contributed by atoms with Crippen LogP contribution in [0, 0.1) is 5.92 Å². The highest BCUT2D eigenvalue weighted by Gasteiger charge is 2.26. The second-order valence-electron chi connectivity index (χ2n) is 6.82. The van der Waals surface area contributed by atoms with Gasteiger partial charge in [-0.2, -0.15) is 5.10 Å². The molecule has 146 valence electrons. The molecule has 3 aromatic rings. The molecule has 4 rings (SSSR count). The van der Waals surface area contributed by atoms with E-state index in [1.165, 1.54) is 12.4 Å². The fourth-order valence-electron chi connectivity index (χ4n) is 3.13. The zero-order chi connectivity index (χ0) is 19.9. The molecular weight excluding hydrogens is 356 g/mol. The fraction of sp³-hybridized carbons (Fsp3) is 0.300. The number of rotatable bonds is 1. The molecule has 0 saturated carbocycles. The van der Waals surface area contributed by atoms with Crippen LogP contribution < -0.4 is 11.1 Å². The molecule has 0 aliphatic carbocycles. The molecule has 3 heterocycles. The molecular formula is C20H24N6O2. The number of nitrogens with one attached hydrogen (secondary N) is 2. The normalized spacial score (nSPS) is 16.2. The second-order valence-corrected chi connectivity index (χ2v) is 6.82. The molecule has 1 unspecified atom stereocenters. The first-order valence-electron chi connectivity index (χ1n) is 9.24. The number of nitrogens with zero attached hydrogens (tertiary/aromatic N) is 3. The SMILES string of the molecule is CC1CCCN(C(=O)C(=O)Nc2cnc(N)c3cn[nH]c23)C1.c1ccccc1. The number of benzene rings is 1. The number of likely N-dealkylation sites (tertiary alicyclic amines) is 1. The molecule has 1 aliphatic rings. The smallest absolute Gasteiger partial charge is 0.314 e. The van der Waals surface area contributed by atoms with Gasteiger partial charge < -0.3 is 16.0 Å². The summed E-state index contributed by atoms with van der Waals surface area (Å²) in [5, 5.41) is 9.83. The average Bonchev–Trinajstić information content (AvgIpc) is 3.22. The van der Waals surface area contributed by atoms with Crippen LogP contribution in [0.4, 0.5) is 11.5 Å². The Bertz CT molecular complexity index is 914. The summed E-state index contributed by atoms with van der Waals surface area (Å²) in [4.78, 5) is 30.0. The van der Waals surface area contributed by atoms with E-state index in [0.29, 0.717) is 41.4 Å². The van der Waals surface area contributed by atoms with Crippen LogP contribution >= 0.6 is 0 Å². The summed E-state index contributed by atoms with van der Waals surface area (Å²) in [6, 6.07) is 12.0. The molecule has 8 heteroatoms. The maximum Gasteiger partial charge on any atom is 0.314 e. The van der Waals surface area contributed by atoms with Gasteiger partial charge in [0.05, 0.1) is 29.0 Å². The minimum atomic E-state index is -0.670. The Hall–Kier alpha value is -3.42. The minimum absolute atomic E-state index is 0.318. The van der Waals surface area contributed by atoms with E-state index in [4.69, 9.17) is 5.73 Å². The van der Waals surface area contributed by atoms with Crippen LogP contribution in [0.3, 0.4) is 0 Å². The Balaban J connectivity index is 0.000000320. The Morgan fingerprint density at radius 2 is 1.86 bits per heavy atom. The van der Waals surface area contributed by atoms with Gasteiger partial charge in [0, 0.05) is 13.1 Å². The van der Waals surface area contributed by atoms with Crippen molar-refractivity contribution >= 4 is 34.2 Å². The fourth-order valence-corrected chi connectivity index (χ4v) is 3.13. The molecule has 2 amide bonds. The van der Waals surface area contributed by atoms with Crippen molar-refractivity contribution in [1.82, 2.24) is 20.1 Å². The number of hydrogen-bond acceptors (Lipinski definition) is 5. The lowest BCUT2D eigenvalue weighted by molar-refractivity contribution is -0.144. The Labute approximate surface area is 163 Å². The van der Waals surface area contributed by atoms with Crippen LogP contribution in [0.25, 0.3) is 10.9 Å². The first-order valence-corrected chi connectivity index (χ1v) is 9.24. The number of nitrogen functional groups attached to an aromatic ring is 1. The van der Waals surface area contributed by atoms with E-state index in [1.54, 1.807) is 4.90 Å². The zero-order valence-electron chi connectivity index (χ0n) is 15.8. The average molecular weight is 380 g/mol. The number of carbonyl (C=O) groups is 2. The van der Waals surface area contributed by atoms with Gasteiger partial charge in [-0.3, -0.25) is 14.7 Å². The Morgan fingerprint density at radius 1 is 1.18 bits per heavy atom. The molecule has 8 nitrogen and oxygen atoms in total. The van der Waals surface area contributed by atoms with E-state index in [9.17, 15) is 9.59 Å². The topological polar surface area (TPSA) is 117 Å². The van der Waals surface area contributed by atoms with Crippen molar-refractivity contribution in [2.24, 2.45) is 5.92 Å². The highest BCUT2D eigenvalue weighted by molar-refractivity contribution is 6.40. The molecule has 0 bridgehead atoms. The first kappa shape index (κ1) is 19.3. The molecule has 28 heavy (non-hydrogen) atoms. The highest BCUT2D eigenvalue weighted by atomic mass is 16.2. The standard InChI is InChI=1S/C14H18N6O2.C6H6/c1-8-3-2-4-20(7-8)14(22)13(21)18-10-6-16-12(15)9-5-17-19-11(9)10;1-2-4-6-5-3-1/h5-6,8H,2-4,7H2,1H3,(H2,15,16)(H,17,19)(H,18,21);1-6H. The molecule has 1 saturated heterocycles. The van der Waals surface area contributed by atoms with Crippen molar-refractivity contribution in [3.63, 3.8) is 0 Å². The monoisotopic (exact) mass is 380 g/mol. The number of aromatic nitrogens is 3. The van der Waals surface area contributed by atoms with Gasteiger partial charge in [-0.1, -0.05) is 43.3 Å². The largest absolute Gasteiger partial charge is 0.383 e. The third kappa shape index (κ3) is 4.64. The van der Waals surface area contributed by atoms with E-state index in [-0.39, 0.29) is 0 Å². The molecule has 1 atom stereocenters. The molecule has 1 fully saturated rings. The number of amides is 2. The van der Waals surface area contributed by atoms with Gasteiger partial charge in [0.25, 0.3) is 0 Å². The lowest BCUT2D eigenvalue weighted by Gasteiger charge is -2.30. The maximum atomic E-state index is 12.2. The molecule has 0 spiro atoms. The summed E-state index contributed by atoms with van der Waals surface area (Å²) in [7, 11) is 0. The van der Waals surface area contributed by atoms with Crippen LogP contribution in [0.15, 0.2) is 48.8 Å². The van der Waals surface area contributed by atoms with Gasteiger partial charge in [0.15, 0.2) is 0 Å². The number of hydrogen-bond donors (Lipinski definition) is 3. The first-order chi connectivity index (χ1) is 13.6. The van der Waals surface area contributed by atoms with Crippen molar-refractivity contribution < 1.29 is 9.59 Å². The van der Waals surface area contributed by atoms with E-state index >= 15 is 0 Å². The summed E-state index contributed by atoms with van der Waals surface area (Å²) in [5.41, 5.74) is 6.68. The summed E-state index contributed by atoms with van der Waals surface area (Å²) >= 11 is 0. The van der Waals surface area contributed by atoms with Gasteiger partial charge in [0.2, 0.25) is 0 Å². The van der Waals surface area contributed by atoms with Crippen LogP contribution in [-0.4, -0.2) is 45.0 Å². The number of carbonyl (C=O) groups excluding carboxylic acids is 2. The summed E-state index contributed by atoms with van der Waals surface area (Å²) in [6.07, 6.45) is 4.96. The van der Waals surface area contributed by atoms with Crippen LogP contribution in [0.2, 0.25) is 0 Å². The maximum absolute atomic E-state index is 12.2. The Kier molecular flexibility index (Phi) is 6.21. The molecule has 0 radical (unpaired) electrons. The zero-order valence-corrected chi connectivity index (χ0v) is 15.8. The van der Waals surface area contributed by atoms with E-state index < -0.39 is 11.8 Å². The molecule has 2 aromatic heterocycles. The number of H-pyrrole nitrogens is 1. The van der Waals surface area contributed by atoms with Crippen molar-refractivity contribution in [3.8, 4) is 0 Å².